The Kier molecular flexibility index (Phi) is 9.69. The lowest BCUT2D eigenvalue weighted by molar-refractivity contribution is -0.140. The molecule has 0 aromatic carbocycles. The second-order valence-electron chi connectivity index (χ2n) is 2.90. The third-order valence-corrected chi connectivity index (χ3v) is 1.58. The number of ether oxygens (including phenoxy) is 3. The van der Waals surface area contributed by atoms with Crippen molar-refractivity contribution in [1.29, 1.82) is 0 Å². The summed E-state index contributed by atoms with van der Waals surface area (Å²) in [7, 11) is 0. The van der Waals surface area contributed by atoms with Gasteiger partial charge in [0.1, 0.15) is 6.61 Å². The molecule has 0 aliphatic carbocycles. The first kappa shape index (κ1) is 14.9. The SMILES string of the molecule is CC(=CO)C(=O)OCCOCCOCCO. The molecule has 94 valence electrons. The standard InChI is InChI=1S/C10H18O6/c1-9(8-12)10(13)16-7-6-15-5-4-14-3-2-11/h8,11-12H,2-7H2,1H3. The Labute approximate surface area is 94.4 Å². The van der Waals surface area contributed by atoms with Gasteiger partial charge in [0.25, 0.3) is 0 Å². The van der Waals surface area contributed by atoms with Crippen LogP contribution in [-0.2, 0) is 19.0 Å². The van der Waals surface area contributed by atoms with Crippen LogP contribution in [0.1, 0.15) is 6.92 Å². The fraction of sp³-hybridized carbons (Fsp3) is 0.700. The van der Waals surface area contributed by atoms with Crippen LogP contribution < -0.4 is 0 Å². The van der Waals surface area contributed by atoms with E-state index in [1.54, 1.807) is 0 Å². The third-order valence-electron chi connectivity index (χ3n) is 1.58. The van der Waals surface area contributed by atoms with Gasteiger partial charge in [-0.3, -0.25) is 0 Å². The van der Waals surface area contributed by atoms with Crippen LogP contribution in [0.25, 0.3) is 0 Å². The zero-order valence-corrected chi connectivity index (χ0v) is 9.35. The highest BCUT2D eigenvalue weighted by atomic mass is 16.6. The number of carbonyl (C=O) groups excluding carboxylic acids is 1. The molecule has 6 nitrogen and oxygen atoms in total. The highest BCUT2D eigenvalue weighted by molar-refractivity contribution is 5.87. The molecule has 0 heterocycles. The molecular weight excluding hydrogens is 216 g/mol. The van der Waals surface area contributed by atoms with Crippen molar-refractivity contribution in [3.63, 3.8) is 0 Å². The Hall–Kier alpha value is -1.11. The summed E-state index contributed by atoms with van der Waals surface area (Å²) in [5, 5.41) is 16.9. The van der Waals surface area contributed by atoms with Crippen molar-refractivity contribution < 1.29 is 29.2 Å². The Morgan fingerprint density at radius 1 is 1.12 bits per heavy atom. The van der Waals surface area contributed by atoms with E-state index in [4.69, 9.17) is 24.4 Å². The maximum absolute atomic E-state index is 11.0. The lowest BCUT2D eigenvalue weighted by atomic mass is 10.3. The van der Waals surface area contributed by atoms with Crippen LogP contribution in [0.5, 0.6) is 0 Å². The largest absolute Gasteiger partial charge is 0.515 e. The minimum absolute atomic E-state index is 0.00954. The molecule has 0 aliphatic heterocycles. The predicted molar refractivity (Wildman–Crippen MR) is 56.1 cm³/mol. The van der Waals surface area contributed by atoms with Crippen LogP contribution in [0, 0.1) is 0 Å². The molecular formula is C10H18O6. The van der Waals surface area contributed by atoms with Crippen molar-refractivity contribution >= 4 is 5.97 Å². The summed E-state index contributed by atoms with van der Waals surface area (Å²) in [6, 6.07) is 0. The molecule has 0 radical (unpaired) electrons. The molecule has 0 bridgehead atoms. The fourth-order valence-corrected chi connectivity index (χ4v) is 0.746. The van der Waals surface area contributed by atoms with Crippen LogP contribution in [0.3, 0.4) is 0 Å². The van der Waals surface area contributed by atoms with Gasteiger partial charge in [0, 0.05) is 0 Å². The molecule has 6 heteroatoms. The number of carbonyl (C=O) groups is 1. The van der Waals surface area contributed by atoms with E-state index in [1.807, 2.05) is 0 Å². The van der Waals surface area contributed by atoms with Gasteiger partial charge < -0.3 is 24.4 Å². The quantitative estimate of drug-likeness (QED) is 0.253. The summed E-state index contributed by atoms with van der Waals surface area (Å²) in [6.07, 6.45) is 0.700. The Morgan fingerprint density at radius 2 is 1.69 bits per heavy atom. The van der Waals surface area contributed by atoms with Gasteiger partial charge in [0.2, 0.25) is 0 Å². The van der Waals surface area contributed by atoms with Crippen LogP contribution in [0.15, 0.2) is 11.8 Å². The van der Waals surface area contributed by atoms with Gasteiger partial charge in [-0.1, -0.05) is 0 Å². The molecule has 0 saturated carbocycles. The molecule has 0 aromatic rings. The number of aliphatic hydroxyl groups is 2. The minimum atomic E-state index is -0.567. The second-order valence-corrected chi connectivity index (χ2v) is 2.90. The molecule has 0 unspecified atom stereocenters. The molecule has 0 aromatic heterocycles. The summed E-state index contributed by atoms with van der Waals surface area (Å²) in [4.78, 5) is 11.0. The Balaban J connectivity index is 3.24. The lowest BCUT2D eigenvalue weighted by Gasteiger charge is -2.06. The first-order chi connectivity index (χ1) is 7.72. The lowest BCUT2D eigenvalue weighted by Crippen LogP contribution is -2.14. The van der Waals surface area contributed by atoms with Gasteiger partial charge >= 0.3 is 5.97 Å². The van der Waals surface area contributed by atoms with Crippen molar-refractivity contribution in [2.45, 2.75) is 6.92 Å². The zero-order valence-electron chi connectivity index (χ0n) is 9.35. The molecule has 0 fully saturated rings. The molecule has 2 N–H and O–H groups in total. The van der Waals surface area contributed by atoms with Gasteiger partial charge in [-0.05, 0) is 6.92 Å². The number of rotatable bonds is 9. The Morgan fingerprint density at radius 3 is 2.25 bits per heavy atom. The number of hydrogen-bond donors (Lipinski definition) is 2. The Bertz CT molecular complexity index is 213. The smallest absolute Gasteiger partial charge is 0.336 e. The average Bonchev–Trinajstić information content (AvgIpc) is 2.31. The molecule has 0 aliphatic rings. The van der Waals surface area contributed by atoms with E-state index in [9.17, 15) is 4.79 Å². The maximum Gasteiger partial charge on any atom is 0.336 e. The predicted octanol–water partition coefficient (Wildman–Crippen LogP) is 0.0169. The monoisotopic (exact) mass is 234 g/mol. The van der Waals surface area contributed by atoms with E-state index in [0.717, 1.165) is 0 Å². The molecule has 0 atom stereocenters. The zero-order chi connectivity index (χ0) is 12.2. The molecule has 0 amide bonds. The first-order valence-corrected chi connectivity index (χ1v) is 4.96. The van der Waals surface area contributed by atoms with E-state index < -0.39 is 5.97 Å². The first-order valence-electron chi connectivity index (χ1n) is 4.96. The van der Waals surface area contributed by atoms with E-state index in [1.165, 1.54) is 6.92 Å². The van der Waals surface area contributed by atoms with Gasteiger partial charge in [-0.25, -0.2) is 4.79 Å². The molecule has 0 spiro atoms. The van der Waals surface area contributed by atoms with Crippen LogP contribution in [0.4, 0.5) is 0 Å². The second kappa shape index (κ2) is 10.4. The van der Waals surface area contributed by atoms with Crippen molar-refractivity contribution in [3.05, 3.63) is 11.8 Å². The van der Waals surface area contributed by atoms with Crippen LogP contribution in [-0.4, -0.2) is 55.8 Å². The van der Waals surface area contributed by atoms with E-state index >= 15 is 0 Å². The third kappa shape index (κ3) is 8.22. The van der Waals surface area contributed by atoms with Crippen LogP contribution >= 0.6 is 0 Å². The molecule has 0 rings (SSSR count). The number of esters is 1. The van der Waals surface area contributed by atoms with Gasteiger partial charge in [0.05, 0.1) is 44.9 Å². The van der Waals surface area contributed by atoms with Crippen molar-refractivity contribution in [1.82, 2.24) is 0 Å². The van der Waals surface area contributed by atoms with Crippen molar-refractivity contribution in [2.75, 3.05) is 39.6 Å². The van der Waals surface area contributed by atoms with Gasteiger partial charge in [0.15, 0.2) is 0 Å². The fourth-order valence-electron chi connectivity index (χ4n) is 0.746. The van der Waals surface area contributed by atoms with Gasteiger partial charge in [-0.15, -0.1) is 0 Å². The highest BCUT2D eigenvalue weighted by Crippen LogP contribution is 1.94. The summed E-state index contributed by atoms with van der Waals surface area (Å²) < 4.78 is 14.8. The molecule has 0 saturated heterocycles. The van der Waals surface area contributed by atoms with E-state index in [-0.39, 0.29) is 25.4 Å². The summed E-state index contributed by atoms with van der Waals surface area (Å²) >= 11 is 0. The summed E-state index contributed by atoms with van der Waals surface area (Å²) in [5.41, 5.74) is 0.145. The van der Waals surface area contributed by atoms with Gasteiger partial charge in [-0.2, -0.15) is 0 Å². The van der Waals surface area contributed by atoms with E-state index in [2.05, 4.69) is 0 Å². The maximum atomic E-state index is 11.0. The van der Waals surface area contributed by atoms with Crippen molar-refractivity contribution in [2.24, 2.45) is 0 Å². The summed E-state index contributed by atoms with van der Waals surface area (Å²) in [6.45, 7) is 2.91. The summed E-state index contributed by atoms with van der Waals surface area (Å²) in [5.74, 6) is -0.567. The highest BCUT2D eigenvalue weighted by Gasteiger charge is 2.04. The number of aliphatic hydroxyl groups excluding tert-OH is 2. The topological polar surface area (TPSA) is 85.2 Å². The van der Waals surface area contributed by atoms with Crippen LogP contribution in [0.2, 0.25) is 0 Å². The average molecular weight is 234 g/mol. The normalized spacial score (nSPS) is 11.5. The van der Waals surface area contributed by atoms with E-state index in [0.29, 0.717) is 26.1 Å². The van der Waals surface area contributed by atoms with Crippen molar-refractivity contribution in [3.8, 4) is 0 Å². The number of hydrogen-bond acceptors (Lipinski definition) is 6. The molecule has 16 heavy (non-hydrogen) atoms. The minimum Gasteiger partial charge on any atom is -0.515 e.